The van der Waals surface area contributed by atoms with Crippen LogP contribution in [0.25, 0.3) is 16.4 Å². The largest absolute Gasteiger partial charge is 0.480 e. The fraction of sp³-hybridized carbons (Fsp3) is 0.450. The van der Waals surface area contributed by atoms with Crippen molar-refractivity contribution in [2.45, 2.75) is 51.4 Å². The minimum atomic E-state index is -1.47. The number of carbonyl (C=O) groups is 2. The van der Waals surface area contributed by atoms with E-state index >= 15 is 0 Å². The van der Waals surface area contributed by atoms with E-state index in [1.165, 1.54) is 22.7 Å². The topological polar surface area (TPSA) is 119 Å². The highest BCUT2D eigenvalue weighted by molar-refractivity contribution is 9.10. The number of ether oxygens (including phenoxy) is 2. The van der Waals surface area contributed by atoms with E-state index in [2.05, 4.69) is 31.2 Å². The Hall–Kier alpha value is -2.95. The van der Waals surface area contributed by atoms with E-state index in [1.807, 2.05) is 18.2 Å². The van der Waals surface area contributed by atoms with Crippen LogP contribution in [0.15, 0.2) is 29.0 Å². The zero-order chi connectivity index (χ0) is 22.6. The second-order valence-corrected chi connectivity index (χ2v) is 9.62. The van der Waals surface area contributed by atoms with Crippen LogP contribution in [0.3, 0.4) is 0 Å². The van der Waals surface area contributed by atoms with Crippen molar-refractivity contribution in [3.8, 4) is 5.88 Å². The summed E-state index contributed by atoms with van der Waals surface area (Å²) < 4.78 is 13.9. The van der Waals surface area contributed by atoms with Crippen molar-refractivity contribution in [3.63, 3.8) is 0 Å². The average molecular weight is 492 g/mol. The first-order valence-corrected chi connectivity index (χ1v) is 10.5. The summed E-state index contributed by atoms with van der Waals surface area (Å²) >= 11 is 3.45. The number of carboxylic acids is 1. The molecule has 0 spiro atoms. The quantitative estimate of drug-likeness (QED) is 0.592. The molecule has 1 N–H and O–H groups in total. The number of rotatable bonds is 3. The Morgan fingerprint density at radius 3 is 2.71 bits per heavy atom. The van der Waals surface area contributed by atoms with Crippen molar-refractivity contribution in [1.82, 2.24) is 24.7 Å². The van der Waals surface area contributed by atoms with E-state index in [1.54, 1.807) is 20.8 Å². The van der Waals surface area contributed by atoms with Gasteiger partial charge in [0, 0.05) is 16.3 Å². The SMILES string of the molecule is CC(C)(C)OC(=O)N1C[C@H](Oc2nn3cnnc3c3ccc(Br)cc23)C[C@@]1(C)C(=O)O. The molecule has 0 unspecified atom stereocenters. The molecule has 1 fully saturated rings. The molecule has 2 aromatic heterocycles. The van der Waals surface area contributed by atoms with Crippen molar-refractivity contribution >= 4 is 44.4 Å². The Labute approximate surface area is 186 Å². The monoisotopic (exact) mass is 491 g/mol. The second kappa shape index (κ2) is 7.33. The zero-order valence-corrected chi connectivity index (χ0v) is 19.1. The van der Waals surface area contributed by atoms with Crippen molar-refractivity contribution in [3.05, 3.63) is 29.0 Å². The van der Waals surface area contributed by atoms with Gasteiger partial charge in [0.05, 0.1) is 11.9 Å². The van der Waals surface area contributed by atoms with E-state index < -0.39 is 29.3 Å². The van der Waals surface area contributed by atoms with Crippen LogP contribution in [0, 0.1) is 0 Å². The van der Waals surface area contributed by atoms with Crippen molar-refractivity contribution < 1.29 is 24.2 Å². The highest BCUT2D eigenvalue weighted by Gasteiger charge is 2.52. The molecule has 1 aromatic carbocycles. The summed E-state index contributed by atoms with van der Waals surface area (Å²) in [5.41, 5.74) is -1.64. The smallest absolute Gasteiger partial charge is 0.411 e. The first kappa shape index (κ1) is 21.3. The van der Waals surface area contributed by atoms with Gasteiger partial charge in [0.15, 0.2) is 5.65 Å². The highest BCUT2D eigenvalue weighted by Crippen LogP contribution is 2.35. The third kappa shape index (κ3) is 3.89. The molecule has 3 aromatic rings. The standard InChI is InChI=1S/C20H22BrN5O5/c1-19(2,3)31-18(29)25-9-12(8-20(25,4)17(27)28)30-16-14-7-11(21)5-6-13(14)15-23-22-10-26(15)24-16/h5-7,10,12H,8-9H2,1-4H3,(H,27,28)/t12-,20+/m1/s1. The van der Waals surface area contributed by atoms with Gasteiger partial charge in [-0.2, -0.15) is 4.52 Å². The lowest BCUT2D eigenvalue weighted by Crippen LogP contribution is -2.52. The fourth-order valence-electron chi connectivity index (χ4n) is 3.66. The lowest BCUT2D eigenvalue weighted by atomic mass is 9.98. The van der Waals surface area contributed by atoms with E-state index in [0.717, 1.165) is 9.86 Å². The van der Waals surface area contributed by atoms with E-state index in [4.69, 9.17) is 9.47 Å². The number of amides is 1. The Bertz CT molecular complexity index is 1190. The van der Waals surface area contributed by atoms with Crippen LogP contribution in [0.4, 0.5) is 4.79 Å². The van der Waals surface area contributed by atoms with Gasteiger partial charge < -0.3 is 14.6 Å². The van der Waals surface area contributed by atoms with Gasteiger partial charge in [0.2, 0.25) is 5.88 Å². The molecule has 1 aliphatic rings. The molecule has 2 atom stereocenters. The van der Waals surface area contributed by atoms with E-state index in [0.29, 0.717) is 16.9 Å². The summed E-state index contributed by atoms with van der Waals surface area (Å²) in [6.07, 6.45) is 0.251. The lowest BCUT2D eigenvalue weighted by molar-refractivity contribution is -0.148. The van der Waals surface area contributed by atoms with Crippen LogP contribution in [-0.4, -0.2) is 65.7 Å². The highest BCUT2D eigenvalue weighted by atomic mass is 79.9. The van der Waals surface area contributed by atoms with E-state index in [9.17, 15) is 14.7 Å². The molecule has 1 saturated heterocycles. The Kier molecular flexibility index (Phi) is 5.03. The third-order valence-corrected chi connectivity index (χ3v) is 5.64. The number of nitrogens with zero attached hydrogens (tertiary/aromatic N) is 5. The molecular weight excluding hydrogens is 470 g/mol. The van der Waals surface area contributed by atoms with Crippen LogP contribution in [0.1, 0.15) is 34.1 Å². The van der Waals surface area contributed by atoms with Gasteiger partial charge >= 0.3 is 12.1 Å². The number of aromatic nitrogens is 4. The Balaban J connectivity index is 1.69. The van der Waals surface area contributed by atoms with Crippen LogP contribution < -0.4 is 4.74 Å². The predicted molar refractivity (Wildman–Crippen MR) is 114 cm³/mol. The van der Waals surface area contributed by atoms with Gasteiger partial charge in [-0.15, -0.1) is 15.3 Å². The minimum Gasteiger partial charge on any atom is -0.480 e. The molecule has 3 heterocycles. The molecular formula is C20H22BrN5O5. The zero-order valence-electron chi connectivity index (χ0n) is 17.5. The van der Waals surface area contributed by atoms with Gasteiger partial charge in [-0.05, 0) is 45.9 Å². The Morgan fingerprint density at radius 1 is 1.29 bits per heavy atom. The molecule has 1 amide bonds. The summed E-state index contributed by atoms with van der Waals surface area (Å²) in [7, 11) is 0. The van der Waals surface area contributed by atoms with Gasteiger partial charge in [0.1, 0.15) is 23.6 Å². The molecule has 11 heteroatoms. The van der Waals surface area contributed by atoms with E-state index in [-0.39, 0.29) is 13.0 Å². The molecule has 0 saturated carbocycles. The molecule has 0 aliphatic carbocycles. The maximum absolute atomic E-state index is 12.7. The fourth-order valence-corrected chi connectivity index (χ4v) is 4.02. The van der Waals surface area contributed by atoms with Crippen LogP contribution in [-0.2, 0) is 9.53 Å². The van der Waals surface area contributed by atoms with Crippen molar-refractivity contribution in [1.29, 1.82) is 0 Å². The number of benzene rings is 1. The number of hydrogen-bond acceptors (Lipinski definition) is 7. The number of carbonyl (C=O) groups excluding carboxylic acids is 1. The lowest BCUT2D eigenvalue weighted by Gasteiger charge is -2.32. The maximum Gasteiger partial charge on any atom is 0.411 e. The number of halogens is 1. The normalized spacial score (nSPS) is 21.6. The number of fused-ring (bicyclic) bond motifs is 3. The maximum atomic E-state index is 12.7. The average Bonchev–Trinajstić information content (AvgIpc) is 3.25. The molecule has 4 rings (SSSR count). The van der Waals surface area contributed by atoms with Crippen molar-refractivity contribution in [2.24, 2.45) is 0 Å². The molecule has 0 bridgehead atoms. The molecule has 10 nitrogen and oxygen atoms in total. The predicted octanol–water partition coefficient (Wildman–Crippen LogP) is 3.27. The molecule has 164 valence electrons. The summed E-state index contributed by atoms with van der Waals surface area (Å²) in [5, 5.41) is 23.8. The van der Waals surface area contributed by atoms with Crippen LogP contribution >= 0.6 is 15.9 Å². The van der Waals surface area contributed by atoms with Crippen LogP contribution in [0.5, 0.6) is 5.88 Å². The number of likely N-dealkylation sites (tertiary alicyclic amines) is 1. The first-order chi connectivity index (χ1) is 14.5. The molecule has 0 radical (unpaired) electrons. The number of carboxylic acid groups (broad SMARTS) is 1. The first-order valence-electron chi connectivity index (χ1n) is 9.68. The number of hydrogen-bond donors (Lipinski definition) is 1. The second-order valence-electron chi connectivity index (χ2n) is 8.71. The third-order valence-electron chi connectivity index (χ3n) is 5.14. The van der Waals surface area contributed by atoms with Crippen LogP contribution in [0.2, 0.25) is 0 Å². The Morgan fingerprint density at radius 2 is 2.03 bits per heavy atom. The summed E-state index contributed by atoms with van der Waals surface area (Å²) in [4.78, 5) is 26.0. The molecule has 1 aliphatic heterocycles. The van der Waals surface area contributed by atoms with Gasteiger partial charge in [0.25, 0.3) is 0 Å². The summed E-state index contributed by atoms with van der Waals surface area (Å²) in [6.45, 7) is 6.74. The summed E-state index contributed by atoms with van der Waals surface area (Å²) in [6, 6.07) is 5.60. The molecule has 31 heavy (non-hydrogen) atoms. The van der Waals surface area contributed by atoms with Crippen molar-refractivity contribution in [2.75, 3.05) is 6.54 Å². The minimum absolute atomic E-state index is 0.0507. The van der Waals surface area contributed by atoms with Gasteiger partial charge in [-0.3, -0.25) is 4.90 Å². The summed E-state index contributed by atoms with van der Waals surface area (Å²) in [5.74, 6) is -0.827. The van der Waals surface area contributed by atoms with Gasteiger partial charge in [-0.25, -0.2) is 9.59 Å². The van der Waals surface area contributed by atoms with Gasteiger partial charge in [-0.1, -0.05) is 15.9 Å². The number of aliphatic carboxylic acids is 1.